The third-order valence-corrected chi connectivity index (χ3v) is 4.65. The number of aryl methyl sites for hydroxylation is 1. The van der Waals surface area contributed by atoms with Gasteiger partial charge in [-0.1, -0.05) is 41.4 Å². The predicted molar refractivity (Wildman–Crippen MR) is 114 cm³/mol. The smallest absolute Gasteiger partial charge is 0.352 e. The summed E-state index contributed by atoms with van der Waals surface area (Å²) < 4.78 is 6.93. The fourth-order valence-corrected chi connectivity index (χ4v) is 2.90. The number of nitrogens with zero attached hydrogens (tertiary/aromatic N) is 3. The Balaban J connectivity index is 2.12. The standard InChI is InChI=1S/C21H21ClN4O4/c1-14-3-5-15(6-4-14)13-25-20(28)18(19(27)23-11-12-30-2)24-26(21(25)29)17-9-7-16(22)8-10-17/h3-10H,11-13H2,1-2H3,(H,23,27). The summed E-state index contributed by atoms with van der Waals surface area (Å²) in [5.74, 6) is -0.683. The highest BCUT2D eigenvalue weighted by Gasteiger charge is 2.20. The first kappa shape index (κ1) is 21.5. The molecule has 8 nitrogen and oxygen atoms in total. The van der Waals surface area contributed by atoms with Gasteiger partial charge in [-0.25, -0.2) is 4.79 Å². The average Bonchev–Trinajstić information content (AvgIpc) is 2.73. The topological polar surface area (TPSA) is 95.2 Å². The number of amides is 1. The number of carbonyl (C=O) groups is 1. The Bertz CT molecular complexity index is 1150. The Morgan fingerprint density at radius 2 is 1.77 bits per heavy atom. The van der Waals surface area contributed by atoms with E-state index in [4.69, 9.17) is 16.3 Å². The fourth-order valence-electron chi connectivity index (χ4n) is 2.77. The number of hydrogen-bond donors (Lipinski definition) is 1. The maximum absolute atomic E-state index is 13.1. The van der Waals surface area contributed by atoms with E-state index in [-0.39, 0.29) is 25.4 Å². The molecule has 0 fully saturated rings. The molecular weight excluding hydrogens is 408 g/mol. The molecule has 1 heterocycles. The Morgan fingerprint density at radius 1 is 1.10 bits per heavy atom. The SMILES string of the molecule is COCCNC(=O)c1nn(-c2ccc(Cl)cc2)c(=O)n(Cc2ccc(C)cc2)c1=O. The minimum absolute atomic E-state index is 0.00636. The van der Waals surface area contributed by atoms with Crippen molar-refractivity contribution in [1.29, 1.82) is 0 Å². The van der Waals surface area contributed by atoms with Crippen LogP contribution in [0.3, 0.4) is 0 Å². The van der Waals surface area contributed by atoms with E-state index in [1.165, 1.54) is 7.11 Å². The van der Waals surface area contributed by atoms with Crippen LogP contribution in [0.1, 0.15) is 21.6 Å². The van der Waals surface area contributed by atoms with Gasteiger partial charge in [0.05, 0.1) is 18.8 Å². The highest BCUT2D eigenvalue weighted by Crippen LogP contribution is 2.11. The van der Waals surface area contributed by atoms with Crippen LogP contribution in [0, 0.1) is 6.92 Å². The van der Waals surface area contributed by atoms with Crippen LogP contribution in [0.2, 0.25) is 5.02 Å². The number of benzene rings is 2. The molecule has 1 N–H and O–H groups in total. The summed E-state index contributed by atoms with van der Waals surface area (Å²) in [6.07, 6.45) is 0. The molecule has 0 atom stereocenters. The lowest BCUT2D eigenvalue weighted by atomic mass is 10.1. The van der Waals surface area contributed by atoms with Crippen molar-refractivity contribution in [2.75, 3.05) is 20.3 Å². The molecule has 0 spiro atoms. The number of aromatic nitrogens is 3. The summed E-state index contributed by atoms with van der Waals surface area (Å²) in [6, 6.07) is 13.8. The van der Waals surface area contributed by atoms with Crippen LogP contribution >= 0.6 is 11.6 Å². The van der Waals surface area contributed by atoms with Gasteiger partial charge in [0.1, 0.15) is 0 Å². The quantitative estimate of drug-likeness (QED) is 0.579. The molecule has 3 rings (SSSR count). The van der Waals surface area contributed by atoms with Crippen molar-refractivity contribution in [2.45, 2.75) is 13.5 Å². The number of methoxy groups -OCH3 is 1. The number of rotatable bonds is 7. The summed E-state index contributed by atoms with van der Waals surface area (Å²) in [6.45, 7) is 2.43. The molecule has 0 saturated heterocycles. The Labute approximate surface area is 177 Å². The normalized spacial score (nSPS) is 10.8. The Morgan fingerprint density at radius 3 is 2.40 bits per heavy atom. The van der Waals surface area contributed by atoms with Gasteiger partial charge >= 0.3 is 5.69 Å². The van der Waals surface area contributed by atoms with E-state index < -0.39 is 17.2 Å². The van der Waals surface area contributed by atoms with E-state index in [9.17, 15) is 14.4 Å². The van der Waals surface area contributed by atoms with E-state index in [0.29, 0.717) is 10.7 Å². The van der Waals surface area contributed by atoms with E-state index in [2.05, 4.69) is 10.4 Å². The highest BCUT2D eigenvalue weighted by atomic mass is 35.5. The zero-order valence-corrected chi connectivity index (χ0v) is 17.3. The van der Waals surface area contributed by atoms with Crippen molar-refractivity contribution in [3.8, 4) is 5.69 Å². The lowest BCUT2D eigenvalue weighted by molar-refractivity contribution is 0.0927. The van der Waals surface area contributed by atoms with E-state index in [0.717, 1.165) is 20.4 Å². The lowest BCUT2D eigenvalue weighted by Gasteiger charge is -2.12. The zero-order chi connectivity index (χ0) is 21.7. The van der Waals surface area contributed by atoms with Crippen molar-refractivity contribution in [2.24, 2.45) is 0 Å². The molecule has 9 heteroatoms. The molecule has 0 saturated carbocycles. The third kappa shape index (κ3) is 4.84. The molecule has 3 aromatic rings. The Hall–Kier alpha value is -3.23. The molecule has 0 radical (unpaired) electrons. The predicted octanol–water partition coefficient (Wildman–Crippen LogP) is 1.78. The van der Waals surface area contributed by atoms with Crippen LogP contribution in [0.4, 0.5) is 0 Å². The van der Waals surface area contributed by atoms with Gasteiger partial charge in [0.2, 0.25) is 5.69 Å². The van der Waals surface area contributed by atoms with Gasteiger partial charge in [0, 0.05) is 18.7 Å². The molecule has 156 valence electrons. The second-order valence-electron chi connectivity index (χ2n) is 6.64. The zero-order valence-electron chi connectivity index (χ0n) is 16.6. The van der Waals surface area contributed by atoms with Gasteiger partial charge in [0.25, 0.3) is 11.5 Å². The molecule has 0 aliphatic rings. The first-order valence-electron chi connectivity index (χ1n) is 9.23. The van der Waals surface area contributed by atoms with Crippen LogP contribution in [-0.2, 0) is 11.3 Å². The van der Waals surface area contributed by atoms with Gasteiger partial charge in [0.15, 0.2) is 0 Å². The van der Waals surface area contributed by atoms with Crippen LogP contribution in [0.25, 0.3) is 5.69 Å². The number of hydrogen-bond acceptors (Lipinski definition) is 5. The van der Waals surface area contributed by atoms with E-state index in [1.54, 1.807) is 24.3 Å². The largest absolute Gasteiger partial charge is 0.383 e. The molecular formula is C21H21ClN4O4. The second kappa shape index (κ2) is 9.51. The molecule has 30 heavy (non-hydrogen) atoms. The summed E-state index contributed by atoms with van der Waals surface area (Å²) in [5.41, 5.74) is 0.384. The fraction of sp³-hybridized carbons (Fsp3) is 0.238. The van der Waals surface area contributed by atoms with Crippen molar-refractivity contribution < 1.29 is 9.53 Å². The first-order chi connectivity index (χ1) is 14.4. The maximum atomic E-state index is 13.1. The van der Waals surface area contributed by atoms with E-state index in [1.807, 2.05) is 31.2 Å². The Kier molecular flexibility index (Phi) is 6.81. The molecule has 0 aliphatic heterocycles. The molecule has 1 amide bonds. The van der Waals surface area contributed by atoms with Gasteiger partial charge in [-0.15, -0.1) is 0 Å². The van der Waals surface area contributed by atoms with Crippen molar-refractivity contribution in [3.63, 3.8) is 0 Å². The minimum Gasteiger partial charge on any atom is -0.383 e. The first-order valence-corrected chi connectivity index (χ1v) is 9.61. The van der Waals surface area contributed by atoms with Gasteiger partial charge in [-0.3, -0.25) is 14.2 Å². The van der Waals surface area contributed by atoms with Gasteiger partial charge in [-0.2, -0.15) is 9.78 Å². The van der Waals surface area contributed by atoms with Crippen molar-refractivity contribution in [3.05, 3.63) is 91.2 Å². The number of ether oxygens (including phenoxy) is 1. The monoisotopic (exact) mass is 428 g/mol. The summed E-state index contributed by atoms with van der Waals surface area (Å²) in [7, 11) is 1.50. The molecule has 1 aromatic heterocycles. The van der Waals surface area contributed by atoms with Crippen LogP contribution in [0.15, 0.2) is 58.1 Å². The third-order valence-electron chi connectivity index (χ3n) is 4.40. The minimum atomic E-state index is -0.763. The van der Waals surface area contributed by atoms with Crippen LogP contribution in [-0.4, -0.2) is 40.5 Å². The average molecular weight is 429 g/mol. The number of nitrogens with one attached hydrogen (secondary N) is 1. The molecule has 0 bridgehead atoms. The summed E-state index contributed by atoms with van der Waals surface area (Å²) in [5, 5.41) is 7.10. The second-order valence-corrected chi connectivity index (χ2v) is 7.08. The number of halogens is 1. The van der Waals surface area contributed by atoms with Crippen LogP contribution < -0.4 is 16.6 Å². The van der Waals surface area contributed by atoms with Crippen molar-refractivity contribution >= 4 is 17.5 Å². The lowest BCUT2D eigenvalue weighted by Crippen LogP contribution is -2.46. The summed E-state index contributed by atoms with van der Waals surface area (Å²) in [4.78, 5) is 38.6. The van der Waals surface area contributed by atoms with E-state index >= 15 is 0 Å². The molecule has 0 aliphatic carbocycles. The van der Waals surface area contributed by atoms with Crippen molar-refractivity contribution in [1.82, 2.24) is 19.7 Å². The molecule has 2 aromatic carbocycles. The maximum Gasteiger partial charge on any atom is 0.352 e. The highest BCUT2D eigenvalue weighted by molar-refractivity contribution is 6.30. The summed E-state index contributed by atoms with van der Waals surface area (Å²) >= 11 is 5.93. The van der Waals surface area contributed by atoms with Gasteiger partial charge < -0.3 is 10.1 Å². The molecule has 0 unspecified atom stereocenters. The number of carbonyl (C=O) groups excluding carboxylic acids is 1. The van der Waals surface area contributed by atoms with Gasteiger partial charge in [-0.05, 0) is 36.8 Å². The van der Waals surface area contributed by atoms with Crippen LogP contribution in [0.5, 0.6) is 0 Å².